The number of nitrogens with zero attached hydrogens (tertiary/aromatic N) is 1. The Hall–Kier alpha value is -3.18. The van der Waals surface area contributed by atoms with Gasteiger partial charge in [-0.2, -0.15) is 0 Å². The van der Waals surface area contributed by atoms with Gasteiger partial charge >= 0.3 is 0 Å². The Kier molecular flexibility index (Phi) is 5.54. The fourth-order valence-corrected chi connectivity index (χ4v) is 4.38. The second-order valence-electron chi connectivity index (χ2n) is 8.65. The first-order valence-corrected chi connectivity index (χ1v) is 11.3. The SMILES string of the molecule is CCc1ccc(N2C(=O)C(Nc3ccc(C(C)(C)C)cc3)=C(c3cccs3)C2=O)cc1. The summed E-state index contributed by atoms with van der Waals surface area (Å²) in [4.78, 5) is 28.8. The number of hydrogen-bond acceptors (Lipinski definition) is 4. The van der Waals surface area contributed by atoms with E-state index in [9.17, 15) is 9.59 Å². The maximum atomic E-state index is 13.4. The van der Waals surface area contributed by atoms with Crippen molar-refractivity contribution in [3.05, 3.63) is 87.7 Å². The van der Waals surface area contributed by atoms with Gasteiger partial charge in [0.25, 0.3) is 11.8 Å². The number of benzene rings is 2. The number of amides is 2. The Morgan fingerprint density at radius 3 is 2.13 bits per heavy atom. The highest BCUT2D eigenvalue weighted by atomic mass is 32.1. The molecule has 3 aromatic rings. The molecule has 1 aliphatic heterocycles. The molecular weight excluding hydrogens is 404 g/mol. The second-order valence-corrected chi connectivity index (χ2v) is 9.59. The minimum Gasteiger partial charge on any atom is -0.350 e. The molecule has 158 valence electrons. The number of nitrogens with one attached hydrogen (secondary N) is 1. The highest BCUT2D eigenvalue weighted by Crippen LogP contribution is 2.36. The van der Waals surface area contributed by atoms with Crippen molar-refractivity contribution in [2.45, 2.75) is 39.5 Å². The summed E-state index contributed by atoms with van der Waals surface area (Å²) in [6, 6.07) is 19.4. The molecule has 2 heterocycles. The van der Waals surface area contributed by atoms with Crippen molar-refractivity contribution in [3.8, 4) is 0 Å². The number of rotatable bonds is 5. The van der Waals surface area contributed by atoms with E-state index in [2.05, 4.69) is 45.1 Å². The van der Waals surface area contributed by atoms with E-state index in [1.165, 1.54) is 21.8 Å². The molecule has 1 N–H and O–H groups in total. The summed E-state index contributed by atoms with van der Waals surface area (Å²) in [6.45, 7) is 8.56. The number of aryl methyl sites for hydroxylation is 1. The van der Waals surface area contributed by atoms with Crippen LogP contribution in [0, 0.1) is 0 Å². The number of carbonyl (C=O) groups is 2. The molecule has 0 saturated carbocycles. The Balaban J connectivity index is 1.72. The lowest BCUT2D eigenvalue weighted by Crippen LogP contribution is -2.32. The predicted octanol–water partition coefficient (Wildman–Crippen LogP) is 6.00. The van der Waals surface area contributed by atoms with Crippen LogP contribution in [0.3, 0.4) is 0 Å². The van der Waals surface area contributed by atoms with Gasteiger partial charge in [0.05, 0.1) is 11.3 Å². The van der Waals surface area contributed by atoms with E-state index in [0.717, 1.165) is 22.5 Å². The number of carbonyl (C=O) groups excluding carboxylic acids is 2. The summed E-state index contributed by atoms with van der Waals surface area (Å²) in [5.74, 6) is -0.636. The van der Waals surface area contributed by atoms with Crippen molar-refractivity contribution >= 4 is 40.1 Å². The maximum Gasteiger partial charge on any atom is 0.282 e. The van der Waals surface area contributed by atoms with E-state index in [1.54, 1.807) is 0 Å². The third-order valence-electron chi connectivity index (χ3n) is 5.47. The van der Waals surface area contributed by atoms with Crippen molar-refractivity contribution in [2.75, 3.05) is 10.2 Å². The molecule has 1 aliphatic rings. The predicted molar refractivity (Wildman–Crippen MR) is 128 cm³/mol. The molecule has 4 rings (SSSR count). The summed E-state index contributed by atoms with van der Waals surface area (Å²) >= 11 is 1.45. The number of anilines is 2. The second kappa shape index (κ2) is 8.16. The van der Waals surface area contributed by atoms with Gasteiger partial charge in [0, 0.05) is 10.6 Å². The molecule has 0 spiro atoms. The summed E-state index contributed by atoms with van der Waals surface area (Å²) in [7, 11) is 0. The Morgan fingerprint density at radius 1 is 0.903 bits per heavy atom. The third kappa shape index (κ3) is 4.06. The molecule has 0 radical (unpaired) electrons. The van der Waals surface area contributed by atoms with Crippen molar-refractivity contribution in [1.82, 2.24) is 0 Å². The highest BCUT2D eigenvalue weighted by molar-refractivity contribution is 7.11. The van der Waals surface area contributed by atoms with Crippen LogP contribution in [-0.2, 0) is 21.4 Å². The molecule has 0 aliphatic carbocycles. The highest BCUT2D eigenvalue weighted by Gasteiger charge is 2.40. The van der Waals surface area contributed by atoms with Crippen molar-refractivity contribution in [1.29, 1.82) is 0 Å². The molecule has 0 fully saturated rings. The van der Waals surface area contributed by atoms with Crippen LogP contribution in [0.15, 0.2) is 71.7 Å². The molecule has 2 aromatic carbocycles. The molecule has 4 nitrogen and oxygen atoms in total. The third-order valence-corrected chi connectivity index (χ3v) is 6.36. The molecule has 0 saturated heterocycles. The number of hydrogen-bond donors (Lipinski definition) is 1. The van der Waals surface area contributed by atoms with E-state index in [0.29, 0.717) is 17.0 Å². The molecule has 31 heavy (non-hydrogen) atoms. The van der Waals surface area contributed by atoms with Gasteiger partial charge in [-0.05, 0) is 58.7 Å². The Morgan fingerprint density at radius 2 is 1.58 bits per heavy atom. The van der Waals surface area contributed by atoms with Gasteiger partial charge in [-0.3, -0.25) is 9.59 Å². The molecular formula is C26H26N2O2S. The van der Waals surface area contributed by atoms with Gasteiger partial charge in [-0.15, -0.1) is 11.3 Å². The minimum absolute atomic E-state index is 0.0422. The first kappa shape index (κ1) is 21.1. The molecule has 5 heteroatoms. The summed E-state index contributed by atoms with van der Waals surface area (Å²) in [5.41, 5.74) is 4.50. The quantitative estimate of drug-likeness (QED) is 0.505. The van der Waals surface area contributed by atoms with E-state index >= 15 is 0 Å². The zero-order valence-corrected chi connectivity index (χ0v) is 19.0. The lowest BCUT2D eigenvalue weighted by atomic mass is 9.87. The van der Waals surface area contributed by atoms with Gasteiger partial charge in [0.15, 0.2) is 0 Å². The van der Waals surface area contributed by atoms with Crippen LogP contribution in [0.25, 0.3) is 5.57 Å². The van der Waals surface area contributed by atoms with Crippen molar-refractivity contribution in [3.63, 3.8) is 0 Å². The maximum absolute atomic E-state index is 13.4. The summed E-state index contributed by atoms with van der Waals surface area (Å²) in [6.07, 6.45) is 0.901. The number of imide groups is 1. The van der Waals surface area contributed by atoms with Gasteiger partial charge < -0.3 is 5.32 Å². The van der Waals surface area contributed by atoms with E-state index in [1.807, 2.05) is 53.9 Å². The lowest BCUT2D eigenvalue weighted by Gasteiger charge is -2.19. The molecule has 1 aromatic heterocycles. The average molecular weight is 431 g/mol. The van der Waals surface area contributed by atoms with E-state index < -0.39 is 0 Å². The van der Waals surface area contributed by atoms with E-state index in [-0.39, 0.29) is 17.2 Å². The monoisotopic (exact) mass is 430 g/mol. The standard InChI is InChI=1S/C26H26N2O2S/c1-5-17-8-14-20(15-9-17)28-24(29)22(21-7-6-16-31-21)23(25(28)30)27-19-12-10-18(11-13-19)26(2,3)4/h6-16,27H,5H2,1-4H3. The van der Waals surface area contributed by atoms with Crippen LogP contribution in [0.2, 0.25) is 0 Å². The fourth-order valence-electron chi connectivity index (χ4n) is 3.61. The normalized spacial score (nSPS) is 14.5. The molecule has 0 unspecified atom stereocenters. The first-order chi connectivity index (χ1) is 14.8. The zero-order chi connectivity index (χ0) is 22.2. The van der Waals surface area contributed by atoms with Crippen LogP contribution in [0.4, 0.5) is 11.4 Å². The largest absolute Gasteiger partial charge is 0.350 e. The molecule has 0 atom stereocenters. The summed E-state index contributed by atoms with van der Waals surface area (Å²) < 4.78 is 0. The molecule has 2 amide bonds. The zero-order valence-electron chi connectivity index (χ0n) is 18.2. The van der Waals surface area contributed by atoms with Gasteiger partial charge in [0.1, 0.15) is 5.70 Å². The smallest absolute Gasteiger partial charge is 0.282 e. The lowest BCUT2D eigenvalue weighted by molar-refractivity contribution is -0.120. The van der Waals surface area contributed by atoms with E-state index in [4.69, 9.17) is 0 Å². The first-order valence-electron chi connectivity index (χ1n) is 10.4. The van der Waals surface area contributed by atoms with Crippen LogP contribution in [0.5, 0.6) is 0 Å². The van der Waals surface area contributed by atoms with Crippen LogP contribution in [-0.4, -0.2) is 11.8 Å². The Bertz CT molecular complexity index is 1140. The van der Waals surface area contributed by atoms with Crippen LogP contribution in [0.1, 0.15) is 43.7 Å². The fraction of sp³-hybridized carbons (Fsp3) is 0.231. The van der Waals surface area contributed by atoms with Crippen LogP contribution >= 0.6 is 11.3 Å². The number of thiophene rings is 1. The topological polar surface area (TPSA) is 49.4 Å². The van der Waals surface area contributed by atoms with Gasteiger partial charge in [-0.1, -0.05) is 58.0 Å². The Labute approximate surface area is 187 Å². The average Bonchev–Trinajstić information content (AvgIpc) is 3.35. The molecule has 0 bridgehead atoms. The van der Waals surface area contributed by atoms with Crippen LogP contribution < -0.4 is 10.2 Å². The van der Waals surface area contributed by atoms with Gasteiger partial charge in [-0.25, -0.2) is 4.90 Å². The van der Waals surface area contributed by atoms with Gasteiger partial charge in [0.2, 0.25) is 0 Å². The van der Waals surface area contributed by atoms with Crippen molar-refractivity contribution < 1.29 is 9.59 Å². The summed E-state index contributed by atoms with van der Waals surface area (Å²) in [5, 5.41) is 5.15. The van der Waals surface area contributed by atoms with Crippen molar-refractivity contribution in [2.24, 2.45) is 0 Å². The minimum atomic E-state index is -0.336.